The number of benzene rings is 1. The summed E-state index contributed by atoms with van der Waals surface area (Å²) in [5, 5.41) is 5.26. The highest BCUT2D eigenvalue weighted by Crippen LogP contribution is 2.35. The van der Waals surface area contributed by atoms with Gasteiger partial charge in [-0.25, -0.2) is 9.59 Å². The Kier molecular flexibility index (Phi) is 7.78. The molecule has 186 valence electrons. The lowest BCUT2D eigenvalue weighted by Crippen LogP contribution is -2.56. The Balaban J connectivity index is 1.62. The minimum absolute atomic E-state index is 0.0212. The Morgan fingerprint density at radius 2 is 1.97 bits per heavy atom. The summed E-state index contributed by atoms with van der Waals surface area (Å²) < 4.78 is 5.40. The minimum atomic E-state index is -0.722. The van der Waals surface area contributed by atoms with Crippen LogP contribution in [0.25, 0.3) is 0 Å². The highest BCUT2D eigenvalue weighted by Gasteiger charge is 2.39. The van der Waals surface area contributed by atoms with E-state index in [0.29, 0.717) is 48.0 Å². The molecule has 2 atom stereocenters. The van der Waals surface area contributed by atoms with Crippen molar-refractivity contribution in [3.8, 4) is 0 Å². The number of halogens is 1. The molecule has 35 heavy (non-hydrogen) atoms. The van der Waals surface area contributed by atoms with Gasteiger partial charge in [-0.1, -0.05) is 35.9 Å². The second kappa shape index (κ2) is 10.8. The fourth-order valence-electron chi connectivity index (χ4n) is 4.57. The van der Waals surface area contributed by atoms with E-state index >= 15 is 0 Å². The molecule has 2 aliphatic heterocycles. The number of carbonyl (C=O) groups is 3. The maximum atomic E-state index is 13.2. The van der Waals surface area contributed by atoms with Gasteiger partial charge in [0.25, 0.3) is 5.91 Å². The molecular formula is C25H29ClN4O4S. The molecule has 2 aromatic rings. The van der Waals surface area contributed by atoms with Gasteiger partial charge in [0.1, 0.15) is 0 Å². The van der Waals surface area contributed by atoms with Crippen LogP contribution >= 0.6 is 22.9 Å². The number of likely N-dealkylation sites (N-methyl/N-ethyl adjacent to an activating group) is 1. The number of hydrogen-bond donors (Lipinski definition) is 1. The number of ether oxygens (including phenoxy) is 1. The number of piperazine rings is 1. The van der Waals surface area contributed by atoms with E-state index < -0.39 is 12.0 Å². The average molecular weight is 517 g/mol. The molecule has 1 saturated heterocycles. The molecule has 1 aromatic heterocycles. The van der Waals surface area contributed by atoms with E-state index in [0.717, 1.165) is 4.88 Å². The first-order valence-electron chi connectivity index (χ1n) is 11.6. The van der Waals surface area contributed by atoms with Crippen LogP contribution in [-0.4, -0.2) is 78.5 Å². The second-order valence-corrected chi connectivity index (χ2v) is 9.96. The Hall–Kier alpha value is -2.88. The first-order valence-corrected chi connectivity index (χ1v) is 12.8. The third-order valence-electron chi connectivity index (χ3n) is 6.37. The standard InChI is InChI=1S/C25H29ClN4O4S/c1-4-34-24(32)21-19(28(3)25(33)27-22(21)17-8-5-6-9-18(17)26)15-29-11-12-30(16(2)14-29)23(31)20-10-7-13-35-20/h5-10,13,16,22H,4,11-12,14-15H2,1-3H3,(H,27,33)/t16-,22-/m0/s1. The number of amides is 3. The van der Waals surface area contributed by atoms with Gasteiger partial charge in [0.2, 0.25) is 0 Å². The van der Waals surface area contributed by atoms with E-state index in [1.165, 1.54) is 16.2 Å². The number of nitrogens with one attached hydrogen (secondary N) is 1. The molecule has 1 N–H and O–H groups in total. The Morgan fingerprint density at radius 3 is 2.63 bits per heavy atom. The summed E-state index contributed by atoms with van der Waals surface area (Å²) in [6.07, 6.45) is 0. The lowest BCUT2D eigenvalue weighted by atomic mass is 9.94. The normalized spacial score (nSPS) is 21.2. The van der Waals surface area contributed by atoms with E-state index in [4.69, 9.17) is 16.3 Å². The van der Waals surface area contributed by atoms with Crippen molar-refractivity contribution in [2.24, 2.45) is 0 Å². The molecule has 0 saturated carbocycles. The molecule has 0 unspecified atom stereocenters. The highest BCUT2D eigenvalue weighted by molar-refractivity contribution is 7.12. The smallest absolute Gasteiger partial charge is 0.338 e. The van der Waals surface area contributed by atoms with Crippen LogP contribution in [0.1, 0.15) is 35.1 Å². The lowest BCUT2D eigenvalue weighted by Gasteiger charge is -2.42. The summed E-state index contributed by atoms with van der Waals surface area (Å²) >= 11 is 7.89. The van der Waals surface area contributed by atoms with Crippen LogP contribution in [0.3, 0.4) is 0 Å². The molecule has 0 aliphatic carbocycles. The number of rotatable bonds is 6. The van der Waals surface area contributed by atoms with Crippen molar-refractivity contribution < 1.29 is 19.1 Å². The molecule has 0 spiro atoms. The minimum Gasteiger partial charge on any atom is -0.463 e. The van der Waals surface area contributed by atoms with E-state index in [2.05, 4.69) is 10.2 Å². The quantitative estimate of drug-likeness (QED) is 0.591. The van der Waals surface area contributed by atoms with Gasteiger partial charge in [-0.05, 0) is 36.9 Å². The third kappa shape index (κ3) is 5.22. The number of urea groups is 1. The molecule has 1 aromatic carbocycles. The topological polar surface area (TPSA) is 82.2 Å². The second-order valence-electron chi connectivity index (χ2n) is 8.60. The van der Waals surface area contributed by atoms with Crippen molar-refractivity contribution in [3.05, 3.63) is 68.5 Å². The molecule has 1 fully saturated rings. The van der Waals surface area contributed by atoms with Crippen molar-refractivity contribution in [2.75, 3.05) is 39.8 Å². The molecule has 8 nitrogen and oxygen atoms in total. The predicted molar refractivity (Wildman–Crippen MR) is 135 cm³/mol. The van der Waals surface area contributed by atoms with E-state index in [1.807, 2.05) is 35.4 Å². The van der Waals surface area contributed by atoms with Crippen molar-refractivity contribution >= 4 is 40.8 Å². The van der Waals surface area contributed by atoms with E-state index in [1.54, 1.807) is 32.2 Å². The van der Waals surface area contributed by atoms with Gasteiger partial charge in [-0.15, -0.1) is 11.3 Å². The van der Waals surface area contributed by atoms with Gasteiger partial charge in [0.05, 0.1) is 23.1 Å². The molecule has 2 aliphatic rings. The zero-order chi connectivity index (χ0) is 25.1. The zero-order valence-corrected chi connectivity index (χ0v) is 21.6. The molecule has 3 heterocycles. The van der Waals surface area contributed by atoms with Crippen molar-refractivity contribution in [3.63, 3.8) is 0 Å². The molecule has 3 amide bonds. The van der Waals surface area contributed by atoms with Crippen molar-refractivity contribution in [1.29, 1.82) is 0 Å². The highest BCUT2D eigenvalue weighted by atomic mass is 35.5. The van der Waals surface area contributed by atoms with E-state index in [9.17, 15) is 14.4 Å². The van der Waals surface area contributed by atoms with Gasteiger partial charge in [-0.3, -0.25) is 14.6 Å². The third-order valence-corrected chi connectivity index (χ3v) is 7.57. The van der Waals surface area contributed by atoms with Gasteiger partial charge in [0, 0.05) is 50.0 Å². The van der Waals surface area contributed by atoms with Gasteiger partial charge < -0.3 is 15.0 Å². The van der Waals surface area contributed by atoms with Gasteiger partial charge >= 0.3 is 12.0 Å². The number of thiophene rings is 1. The van der Waals surface area contributed by atoms with Crippen LogP contribution in [-0.2, 0) is 9.53 Å². The summed E-state index contributed by atoms with van der Waals surface area (Å²) in [5.41, 5.74) is 1.57. The first kappa shape index (κ1) is 25.2. The van der Waals surface area contributed by atoms with Crippen LogP contribution in [0, 0.1) is 0 Å². The number of nitrogens with zero attached hydrogens (tertiary/aromatic N) is 3. The van der Waals surface area contributed by atoms with Crippen LogP contribution in [0.4, 0.5) is 4.79 Å². The maximum Gasteiger partial charge on any atom is 0.338 e. The lowest BCUT2D eigenvalue weighted by molar-refractivity contribution is -0.139. The maximum absolute atomic E-state index is 13.2. The number of esters is 1. The summed E-state index contributed by atoms with van der Waals surface area (Å²) in [4.78, 5) is 45.2. The Labute approximate surface area is 214 Å². The Morgan fingerprint density at radius 1 is 1.20 bits per heavy atom. The fraction of sp³-hybridized carbons (Fsp3) is 0.400. The van der Waals surface area contributed by atoms with Crippen molar-refractivity contribution in [1.82, 2.24) is 20.0 Å². The van der Waals surface area contributed by atoms with Crippen molar-refractivity contribution in [2.45, 2.75) is 25.9 Å². The van der Waals surface area contributed by atoms with Crippen LogP contribution < -0.4 is 5.32 Å². The molecule has 0 radical (unpaired) electrons. The number of carbonyl (C=O) groups excluding carboxylic acids is 3. The summed E-state index contributed by atoms with van der Waals surface area (Å²) in [7, 11) is 1.65. The molecule has 4 rings (SSSR count). The zero-order valence-electron chi connectivity index (χ0n) is 20.0. The largest absolute Gasteiger partial charge is 0.463 e. The average Bonchev–Trinajstić information content (AvgIpc) is 3.37. The monoisotopic (exact) mass is 516 g/mol. The molecular weight excluding hydrogens is 488 g/mol. The fourth-order valence-corrected chi connectivity index (χ4v) is 5.50. The van der Waals surface area contributed by atoms with Gasteiger partial charge in [-0.2, -0.15) is 0 Å². The van der Waals surface area contributed by atoms with Crippen LogP contribution in [0.5, 0.6) is 0 Å². The molecule has 0 bridgehead atoms. The van der Waals surface area contributed by atoms with Crippen LogP contribution in [0.15, 0.2) is 53.0 Å². The molecule has 10 heteroatoms. The van der Waals surface area contributed by atoms with E-state index in [-0.39, 0.29) is 24.6 Å². The SMILES string of the molecule is CCOC(=O)C1=C(CN2CCN(C(=O)c3cccs3)[C@@H](C)C2)N(C)C(=O)N[C@H]1c1ccccc1Cl. The summed E-state index contributed by atoms with van der Waals surface area (Å²) in [5.74, 6) is -0.453. The first-order chi connectivity index (χ1) is 16.8. The summed E-state index contributed by atoms with van der Waals surface area (Å²) in [6.45, 7) is 6.13. The number of hydrogen-bond acceptors (Lipinski definition) is 6. The summed E-state index contributed by atoms with van der Waals surface area (Å²) in [6, 6.07) is 9.80. The van der Waals surface area contributed by atoms with Crippen LogP contribution in [0.2, 0.25) is 5.02 Å². The van der Waals surface area contributed by atoms with Gasteiger partial charge in [0.15, 0.2) is 0 Å². The Bertz CT molecular complexity index is 1140. The predicted octanol–water partition coefficient (Wildman–Crippen LogP) is 3.76.